The molecule has 0 aromatic carbocycles. The van der Waals surface area contributed by atoms with Crippen LogP contribution >= 0.6 is 24.8 Å². The molecule has 2 aliphatic rings. The Labute approximate surface area is 121 Å². The molecule has 3 N–H and O–H groups in total. The Morgan fingerprint density at radius 1 is 1.39 bits per heavy atom. The van der Waals surface area contributed by atoms with Crippen molar-refractivity contribution in [2.24, 2.45) is 5.73 Å². The van der Waals surface area contributed by atoms with Crippen LogP contribution < -0.4 is 11.1 Å². The van der Waals surface area contributed by atoms with E-state index in [1.807, 2.05) is 6.92 Å². The molecule has 18 heavy (non-hydrogen) atoms. The van der Waals surface area contributed by atoms with Gasteiger partial charge in [0.25, 0.3) is 0 Å². The number of morpholine rings is 1. The van der Waals surface area contributed by atoms with Crippen LogP contribution in [0.1, 0.15) is 19.8 Å². The van der Waals surface area contributed by atoms with E-state index in [1.165, 1.54) is 0 Å². The summed E-state index contributed by atoms with van der Waals surface area (Å²) in [7, 11) is 0. The summed E-state index contributed by atoms with van der Waals surface area (Å²) < 4.78 is 5.28. The van der Waals surface area contributed by atoms with E-state index in [0.717, 1.165) is 45.7 Å². The summed E-state index contributed by atoms with van der Waals surface area (Å²) in [6.45, 7) is 6.40. The summed E-state index contributed by atoms with van der Waals surface area (Å²) in [6, 6.07) is 0.159. The first-order chi connectivity index (χ1) is 7.60. The summed E-state index contributed by atoms with van der Waals surface area (Å²) in [6.07, 6.45) is 1.65. The molecule has 2 rings (SSSR count). The molecular formula is C11H23Cl2N3O2. The Balaban J connectivity index is 0.00000144. The van der Waals surface area contributed by atoms with Crippen LogP contribution in [0.4, 0.5) is 0 Å². The third-order valence-electron chi connectivity index (χ3n) is 3.25. The van der Waals surface area contributed by atoms with Gasteiger partial charge in [-0.1, -0.05) is 0 Å². The molecule has 0 bridgehead atoms. The highest BCUT2D eigenvalue weighted by atomic mass is 35.5. The molecule has 2 fully saturated rings. The number of hydrogen-bond donors (Lipinski definition) is 2. The number of amides is 1. The van der Waals surface area contributed by atoms with Crippen molar-refractivity contribution < 1.29 is 9.53 Å². The number of nitrogens with one attached hydrogen (secondary N) is 1. The number of halogens is 2. The van der Waals surface area contributed by atoms with Gasteiger partial charge in [0.15, 0.2) is 0 Å². The fraction of sp³-hybridized carbons (Fsp3) is 0.909. The Hall–Kier alpha value is -0.0700. The van der Waals surface area contributed by atoms with Gasteiger partial charge in [-0.15, -0.1) is 24.8 Å². The van der Waals surface area contributed by atoms with Crippen LogP contribution in [-0.4, -0.2) is 55.2 Å². The van der Waals surface area contributed by atoms with Crippen molar-refractivity contribution in [3.63, 3.8) is 0 Å². The van der Waals surface area contributed by atoms with Crippen molar-refractivity contribution in [1.82, 2.24) is 10.2 Å². The summed E-state index contributed by atoms with van der Waals surface area (Å²) in [5.41, 5.74) is 5.27. The number of carbonyl (C=O) groups is 1. The molecule has 0 aromatic rings. The highest BCUT2D eigenvalue weighted by molar-refractivity contribution is 5.89. The Morgan fingerprint density at radius 3 is 2.44 bits per heavy atom. The second-order valence-electron chi connectivity index (χ2n) is 4.94. The van der Waals surface area contributed by atoms with Crippen LogP contribution in [0.25, 0.3) is 0 Å². The minimum Gasteiger partial charge on any atom is -0.379 e. The Kier molecular flexibility index (Phi) is 7.47. The molecule has 1 heterocycles. The predicted octanol–water partition coefficient (Wildman–Crippen LogP) is 0.158. The monoisotopic (exact) mass is 299 g/mol. The molecule has 1 amide bonds. The van der Waals surface area contributed by atoms with Crippen molar-refractivity contribution in [2.45, 2.75) is 31.3 Å². The highest BCUT2D eigenvalue weighted by Crippen LogP contribution is 2.32. The van der Waals surface area contributed by atoms with Crippen molar-refractivity contribution in [1.29, 1.82) is 0 Å². The maximum absolute atomic E-state index is 11.7. The van der Waals surface area contributed by atoms with E-state index in [4.69, 9.17) is 10.5 Å². The third-order valence-corrected chi connectivity index (χ3v) is 3.25. The molecule has 1 aliphatic heterocycles. The van der Waals surface area contributed by atoms with Crippen LogP contribution in [0.15, 0.2) is 0 Å². The molecule has 1 unspecified atom stereocenters. The van der Waals surface area contributed by atoms with Crippen molar-refractivity contribution in [3.05, 3.63) is 0 Å². The first-order valence-electron chi connectivity index (χ1n) is 6.00. The SMILES string of the molecule is CC(CN1CCOCC1)NC(=O)C1(N)CC1.Cl.Cl. The molecule has 1 aliphatic carbocycles. The Morgan fingerprint density at radius 2 is 1.94 bits per heavy atom. The zero-order valence-corrected chi connectivity index (χ0v) is 12.3. The fourth-order valence-electron chi connectivity index (χ4n) is 1.95. The Bertz CT molecular complexity index is 269. The van der Waals surface area contributed by atoms with Crippen LogP contribution in [0.5, 0.6) is 0 Å². The van der Waals surface area contributed by atoms with Crippen molar-refractivity contribution in [3.8, 4) is 0 Å². The number of rotatable bonds is 4. The van der Waals surface area contributed by atoms with E-state index in [0.29, 0.717) is 0 Å². The van der Waals surface area contributed by atoms with Crippen LogP contribution in [-0.2, 0) is 9.53 Å². The average Bonchev–Trinajstić information content (AvgIpc) is 2.99. The van der Waals surface area contributed by atoms with E-state index in [2.05, 4.69) is 10.2 Å². The lowest BCUT2D eigenvalue weighted by Gasteiger charge is -2.29. The van der Waals surface area contributed by atoms with Crippen molar-refractivity contribution in [2.75, 3.05) is 32.8 Å². The topological polar surface area (TPSA) is 67.6 Å². The maximum atomic E-state index is 11.7. The first kappa shape index (κ1) is 17.9. The number of carbonyl (C=O) groups excluding carboxylic acids is 1. The van der Waals surface area contributed by atoms with Gasteiger partial charge in [0.1, 0.15) is 0 Å². The van der Waals surface area contributed by atoms with Gasteiger partial charge in [-0.25, -0.2) is 0 Å². The highest BCUT2D eigenvalue weighted by Gasteiger charge is 2.46. The summed E-state index contributed by atoms with van der Waals surface area (Å²) in [5, 5.41) is 2.98. The van der Waals surface area contributed by atoms with E-state index in [9.17, 15) is 4.79 Å². The van der Waals surface area contributed by atoms with Gasteiger partial charge in [0.2, 0.25) is 5.91 Å². The van der Waals surface area contributed by atoms with Crippen LogP contribution in [0.3, 0.4) is 0 Å². The maximum Gasteiger partial charge on any atom is 0.240 e. The van der Waals surface area contributed by atoms with Gasteiger partial charge < -0.3 is 15.8 Å². The van der Waals surface area contributed by atoms with Gasteiger partial charge >= 0.3 is 0 Å². The second-order valence-corrected chi connectivity index (χ2v) is 4.94. The predicted molar refractivity (Wildman–Crippen MR) is 75.5 cm³/mol. The zero-order valence-electron chi connectivity index (χ0n) is 10.7. The summed E-state index contributed by atoms with van der Waals surface area (Å²) >= 11 is 0. The smallest absolute Gasteiger partial charge is 0.240 e. The second kappa shape index (κ2) is 7.50. The van der Waals surface area contributed by atoms with Crippen LogP contribution in [0.2, 0.25) is 0 Å². The number of nitrogens with zero attached hydrogens (tertiary/aromatic N) is 1. The minimum absolute atomic E-state index is 0. The first-order valence-corrected chi connectivity index (χ1v) is 6.00. The van der Waals surface area contributed by atoms with Gasteiger partial charge in [-0.2, -0.15) is 0 Å². The number of hydrogen-bond acceptors (Lipinski definition) is 4. The molecule has 7 heteroatoms. The molecule has 0 radical (unpaired) electrons. The van der Waals surface area contributed by atoms with E-state index < -0.39 is 5.54 Å². The van der Waals surface area contributed by atoms with Gasteiger partial charge in [-0.05, 0) is 19.8 Å². The van der Waals surface area contributed by atoms with E-state index in [1.54, 1.807) is 0 Å². The normalized spacial score (nSPS) is 23.2. The lowest BCUT2D eigenvalue weighted by Crippen LogP contribution is -2.51. The molecule has 0 aromatic heterocycles. The van der Waals surface area contributed by atoms with Gasteiger partial charge in [-0.3, -0.25) is 9.69 Å². The average molecular weight is 300 g/mol. The molecule has 0 spiro atoms. The molecular weight excluding hydrogens is 277 g/mol. The van der Waals surface area contributed by atoms with E-state index in [-0.39, 0.29) is 36.8 Å². The summed E-state index contributed by atoms with van der Waals surface area (Å²) in [5.74, 6) is 0.00765. The largest absolute Gasteiger partial charge is 0.379 e. The van der Waals surface area contributed by atoms with Crippen molar-refractivity contribution >= 4 is 30.7 Å². The molecule has 108 valence electrons. The lowest BCUT2D eigenvalue weighted by molar-refractivity contribution is -0.124. The van der Waals surface area contributed by atoms with E-state index >= 15 is 0 Å². The quantitative estimate of drug-likeness (QED) is 0.776. The van der Waals surface area contributed by atoms with Gasteiger partial charge in [0, 0.05) is 25.7 Å². The third kappa shape index (κ3) is 4.90. The molecule has 1 saturated carbocycles. The molecule has 1 saturated heterocycles. The van der Waals surface area contributed by atoms with Gasteiger partial charge in [0.05, 0.1) is 18.8 Å². The number of ether oxygens (including phenoxy) is 1. The van der Waals surface area contributed by atoms with Crippen LogP contribution in [0, 0.1) is 0 Å². The standard InChI is InChI=1S/C11H21N3O2.2ClH/c1-9(8-14-4-6-16-7-5-14)13-10(15)11(12)2-3-11;;/h9H,2-8,12H2,1H3,(H,13,15);2*1H. The minimum atomic E-state index is -0.556. The molecule has 1 atom stereocenters. The zero-order chi connectivity index (χ0) is 11.6. The molecule has 5 nitrogen and oxygen atoms in total. The lowest BCUT2D eigenvalue weighted by atomic mass is 10.2. The number of nitrogens with two attached hydrogens (primary N) is 1. The fourth-order valence-corrected chi connectivity index (χ4v) is 1.95. The summed E-state index contributed by atoms with van der Waals surface area (Å²) in [4.78, 5) is 14.0.